The lowest BCUT2D eigenvalue weighted by molar-refractivity contribution is 0.328. The van der Waals surface area contributed by atoms with Crippen LogP contribution in [0.3, 0.4) is 0 Å². The van der Waals surface area contributed by atoms with E-state index in [2.05, 4.69) is 30.3 Å². The van der Waals surface area contributed by atoms with Crippen molar-refractivity contribution in [1.82, 2.24) is 5.32 Å². The number of nitrogens with zero attached hydrogens (tertiary/aromatic N) is 1. The van der Waals surface area contributed by atoms with Gasteiger partial charge in [-0.05, 0) is 32.5 Å². The van der Waals surface area contributed by atoms with Gasteiger partial charge in [-0.1, -0.05) is 0 Å². The standard InChI is InChI=1S/C9H23N3OSi/c1-5-13-14(3,4)8-6-7-12-9(10)11-2/h5-8H2,1-4H3,(H3,10,11,12). The van der Waals surface area contributed by atoms with Crippen LogP contribution in [0.2, 0.25) is 19.1 Å². The second kappa shape index (κ2) is 6.84. The summed E-state index contributed by atoms with van der Waals surface area (Å²) in [6.07, 6.45) is 1.09. The van der Waals surface area contributed by atoms with Gasteiger partial charge in [-0.2, -0.15) is 0 Å². The lowest BCUT2D eigenvalue weighted by Gasteiger charge is -2.21. The SMILES string of the molecule is CCO[Si](C)(C)CCCNC(N)=NC. The van der Waals surface area contributed by atoms with Crippen molar-refractivity contribution in [2.45, 2.75) is 32.5 Å². The van der Waals surface area contributed by atoms with Crippen molar-refractivity contribution in [3.8, 4) is 0 Å². The molecule has 0 rings (SSSR count). The molecule has 0 aromatic carbocycles. The lowest BCUT2D eigenvalue weighted by atomic mass is 10.5. The molecule has 0 unspecified atom stereocenters. The molecule has 3 N–H and O–H groups in total. The molecule has 0 aliphatic heterocycles. The normalized spacial score (nSPS) is 13.0. The van der Waals surface area contributed by atoms with E-state index in [-0.39, 0.29) is 0 Å². The largest absolute Gasteiger partial charge is 0.418 e. The molecule has 0 aliphatic rings. The summed E-state index contributed by atoms with van der Waals surface area (Å²) in [6, 6.07) is 1.16. The van der Waals surface area contributed by atoms with Gasteiger partial charge < -0.3 is 15.5 Å². The van der Waals surface area contributed by atoms with Gasteiger partial charge in [0.2, 0.25) is 0 Å². The van der Waals surface area contributed by atoms with Crippen LogP contribution in [-0.2, 0) is 4.43 Å². The van der Waals surface area contributed by atoms with Gasteiger partial charge in [-0.25, -0.2) is 0 Å². The molecule has 0 saturated heterocycles. The van der Waals surface area contributed by atoms with Crippen molar-refractivity contribution in [2.24, 2.45) is 10.7 Å². The monoisotopic (exact) mass is 217 g/mol. The maximum atomic E-state index is 5.71. The summed E-state index contributed by atoms with van der Waals surface area (Å²) in [5.74, 6) is 0.515. The highest BCUT2D eigenvalue weighted by molar-refractivity contribution is 6.71. The molecule has 0 bridgehead atoms. The molecule has 0 aromatic rings. The quantitative estimate of drug-likeness (QED) is 0.304. The summed E-state index contributed by atoms with van der Waals surface area (Å²) in [7, 11) is 0.276. The Bertz CT molecular complexity index is 183. The van der Waals surface area contributed by atoms with E-state index in [0.29, 0.717) is 5.96 Å². The third kappa shape index (κ3) is 6.91. The third-order valence-corrected chi connectivity index (χ3v) is 4.67. The molecule has 14 heavy (non-hydrogen) atoms. The van der Waals surface area contributed by atoms with E-state index in [9.17, 15) is 0 Å². The van der Waals surface area contributed by atoms with E-state index in [1.54, 1.807) is 7.05 Å². The predicted octanol–water partition coefficient (Wildman–Crippen LogP) is 1.15. The van der Waals surface area contributed by atoms with Crippen molar-refractivity contribution in [3.05, 3.63) is 0 Å². The van der Waals surface area contributed by atoms with Crippen LogP contribution in [0, 0.1) is 0 Å². The van der Waals surface area contributed by atoms with Crippen LogP contribution < -0.4 is 11.1 Å². The second-order valence-electron chi connectivity index (χ2n) is 3.83. The molecule has 0 amide bonds. The first-order valence-electron chi connectivity index (χ1n) is 5.12. The highest BCUT2D eigenvalue weighted by Gasteiger charge is 2.20. The number of aliphatic imine (C=N–C) groups is 1. The first-order chi connectivity index (χ1) is 6.52. The van der Waals surface area contributed by atoms with Crippen molar-refractivity contribution >= 4 is 14.3 Å². The van der Waals surface area contributed by atoms with Crippen LogP contribution in [-0.4, -0.2) is 34.5 Å². The van der Waals surface area contributed by atoms with E-state index in [0.717, 1.165) is 25.6 Å². The molecule has 0 radical (unpaired) electrons. The van der Waals surface area contributed by atoms with Crippen molar-refractivity contribution in [3.63, 3.8) is 0 Å². The van der Waals surface area contributed by atoms with E-state index >= 15 is 0 Å². The van der Waals surface area contributed by atoms with Gasteiger partial charge in [0.05, 0.1) is 0 Å². The number of nitrogens with two attached hydrogens (primary N) is 1. The summed E-state index contributed by atoms with van der Waals surface area (Å²) in [4.78, 5) is 3.82. The van der Waals surface area contributed by atoms with E-state index < -0.39 is 8.32 Å². The minimum Gasteiger partial charge on any atom is -0.418 e. The zero-order valence-corrected chi connectivity index (χ0v) is 10.8. The average Bonchev–Trinajstić information content (AvgIpc) is 2.12. The molecular formula is C9H23N3OSi. The Morgan fingerprint density at radius 1 is 1.50 bits per heavy atom. The van der Waals surface area contributed by atoms with E-state index in [4.69, 9.17) is 10.2 Å². The number of hydrogen-bond acceptors (Lipinski definition) is 2. The molecule has 0 aromatic heterocycles. The number of guanidine groups is 1. The minimum absolute atomic E-state index is 0.515. The summed E-state index contributed by atoms with van der Waals surface area (Å²) >= 11 is 0. The number of hydrogen-bond donors (Lipinski definition) is 2. The van der Waals surface area contributed by atoms with E-state index in [1.807, 2.05) is 0 Å². The Hall–Kier alpha value is -0.553. The lowest BCUT2D eigenvalue weighted by Crippen LogP contribution is -2.35. The average molecular weight is 217 g/mol. The molecule has 0 atom stereocenters. The Morgan fingerprint density at radius 2 is 2.14 bits per heavy atom. The van der Waals surface area contributed by atoms with Crippen molar-refractivity contribution in [1.29, 1.82) is 0 Å². The fraction of sp³-hybridized carbons (Fsp3) is 0.889. The predicted molar refractivity (Wildman–Crippen MR) is 64.1 cm³/mol. The fourth-order valence-corrected chi connectivity index (χ4v) is 3.23. The summed E-state index contributed by atoms with van der Waals surface area (Å²) in [5.41, 5.74) is 5.50. The summed E-state index contributed by atoms with van der Waals surface area (Å²) in [6.45, 7) is 8.24. The van der Waals surface area contributed by atoms with Gasteiger partial charge in [0.15, 0.2) is 14.3 Å². The van der Waals surface area contributed by atoms with Gasteiger partial charge in [0.1, 0.15) is 0 Å². The third-order valence-electron chi connectivity index (χ3n) is 2.04. The maximum absolute atomic E-state index is 5.71. The molecule has 4 nitrogen and oxygen atoms in total. The molecule has 0 saturated carbocycles. The smallest absolute Gasteiger partial charge is 0.188 e. The van der Waals surface area contributed by atoms with Gasteiger partial charge in [0, 0.05) is 20.2 Å². The van der Waals surface area contributed by atoms with E-state index in [1.165, 1.54) is 0 Å². The van der Waals surface area contributed by atoms with Gasteiger partial charge in [-0.3, -0.25) is 4.99 Å². The van der Waals surface area contributed by atoms with Gasteiger partial charge in [0.25, 0.3) is 0 Å². The zero-order valence-electron chi connectivity index (χ0n) is 9.76. The topological polar surface area (TPSA) is 59.6 Å². The van der Waals surface area contributed by atoms with Crippen LogP contribution in [0.4, 0.5) is 0 Å². The molecule has 0 heterocycles. The van der Waals surface area contributed by atoms with Crippen LogP contribution in [0.5, 0.6) is 0 Å². The van der Waals surface area contributed by atoms with Crippen LogP contribution in [0.1, 0.15) is 13.3 Å². The Labute approximate surface area is 88.1 Å². The summed E-state index contributed by atoms with van der Waals surface area (Å²) < 4.78 is 5.71. The Kier molecular flexibility index (Phi) is 6.57. The first kappa shape index (κ1) is 13.4. The maximum Gasteiger partial charge on any atom is 0.188 e. The minimum atomic E-state index is -1.41. The summed E-state index contributed by atoms with van der Waals surface area (Å²) in [5, 5.41) is 3.04. The number of rotatable bonds is 6. The van der Waals surface area contributed by atoms with Crippen molar-refractivity contribution < 1.29 is 4.43 Å². The van der Waals surface area contributed by atoms with Crippen LogP contribution >= 0.6 is 0 Å². The fourth-order valence-electron chi connectivity index (χ4n) is 1.27. The molecule has 0 aliphatic carbocycles. The molecule has 0 fully saturated rings. The Balaban J connectivity index is 3.53. The zero-order chi connectivity index (χ0) is 11.0. The van der Waals surface area contributed by atoms with Gasteiger partial charge in [-0.15, -0.1) is 0 Å². The first-order valence-corrected chi connectivity index (χ1v) is 8.23. The molecule has 5 heteroatoms. The molecule has 0 spiro atoms. The van der Waals surface area contributed by atoms with Crippen LogP contribution in [0.15, 0.2) is 4.99 Å². The highest BCUT2D eigenvalue weighted by Crippen LogP contribution is 2.12. The Morgan fingerprint density at radius 3 is 2.64 bits per heavy atom. The highest BCUT2D eigenvalue weighted by atomic mass is 28.4. The van der Waals surface area contributed by atoms with Crippen molar-refractivity contribution in [2.75, 3.05) is 20.2 Å². The molecule has 84 valence electrons. The second-order valence-corrected chi connectivity index (χ2v) is 8.14. The molecular weight excluding hydrogens is 194 g/mol. The van der Waals surface area contributed by atoms with Gasteiger partial charge >= 0.3 is 0 Å². The number of nitrogens with one attached hydrogen (secondary N) is 1. The van der Waals surface area contributed by atoms with Crippen LogP contribution in [0.25, 0.3) is 0 Å².